The summed E-state index contributed by atoms with van der Waals surface area (Å²) >= 11 is 11.8. The largest absolute Gasteiger partial charge is 0.491 e. The molecule has 0 aliphatic carbocycles. The lowest BCUT2D eigenvalue weighted by Gasteiger charge is -2.14. The lowest BCUT2D eigenvalue weighted by atomic mass is 10.1. The van der Waals surface area contributed by atoms with Gasteiger partial charge in [0, 0.05) is 11.6 Å². The molecule has 108 valence electrons. The molecule has 2 aromatic rings. The molecule has 3 rings (SSSR count). The summed E-state index contributed by atoms with van der Waals surface area (Å²) in [6.45, 7) is 0.400. The van der Waals surface area contributed by atoms with Gasteiger partial charge in [-0.25, -0.2) is 0 Å². The van der Waals surface area contributed by atoms with Gasteiger partial charge in [-0.2, -0.15) is 0 Å². The minimum absolute atomic E-state index is 0.117. The molecule has 5 nitrogen and oxygen atoms in total. The molecule has 1 heterocycles. The molecule has 21 heavy (non-hydrogen) atoms. The topological polar surface area (TPSA) is 64.4 Å². The molecular formula is C14H10Cl2N2O3. The minimum atomic E-state index is -0.494. The van der Waals surface area contributed by atoms with Crippen LogP contribution in [0.1, 0.15) is 11.6 Å². The fraction of sp³-hybridized carbons (Fsp3) is 0.143. The van der Waals surface area contributed by atoms with Crippen molar-refractivity contribution in [3.05, 3.63) is 62.1 Å². The van der Waals surface area contributed by atoms with Gasteiger partial charge in [0.05, 0.1) is 21.0 Å². The van der Waals surface area contributed by atoms with E-state index in [0.717, 1.165) is 11.3 Å². The normalized spacial score (nSPS) is 16.2. The summed E-state index contributed by atoms with van der Waals surface area (Å²) < 4.78 is 5.55. The van der Waals surface area contributed by atoms with Gasteiger partial charge in [0.25, 0.3) is 5.69 Å². The Kier molecular flexibility index (Phi) is 3.61. The van der Waals surface area contributed by atoms with E-state index >= 15 is 0 Å². The number of halogens is 2. The molecule has 1 N–H and O–H groups in total. The zero-order valence-electron chi connectivity index (χ0n) is 10.7. The van der Waals surface area contributed by atoms with E-state index < -0.39 is 4.92 Å². The highest BCUT2D eigenvalue weighted by molar-refractivity contribution is 6.42. The summed E-state index contributed by atoms with van der Waals surface area (Å²) in [6, 6.07) is 10.1. The molecule has 2 aromatic carbocycles. The standard InChI is InChI=1S/C14H10Cl2N2O3/c15-9-5-11(13(18(19)20)6-10(9)16)17-12-7-21-14-4-2-1-3-8(12)14/h1-6,12,17H,7H2. The number of hydrogen-bond donors (Lipinski definition) is 1. The minimum Gasteiger partial charge on any atom is -0.491 e. The third-order valence-corrected chi connectivity index (χ3v) is 3.99. The van der Waals surface area contributed by atoms with E-state index in [0.29, 0.717) is 12.3 Å². The van der Waals surface area contributed by atoms with Crippen LogP contribution in [0.25, 0.3) is 0 Å². The fourth-order valence-electron chi connectivity index (χ4n) is 2.27. The van der Waals surface area contributed by atoms with Crippen molar-refractivity contribution in [3.63, 3.8) is 0 Å². The number of hydrogen-bond acceptors (Lipinski definition) is 4. The third kappa shape index (κ3) is 2.62. The second-order valence-electron chi connectivity index (χ2n) is 4.59. The molecule has 0 spiro atoms. The predicted octanol–water partition coefficient (Wildman–Crippen LogP) is 4.45. The second-order valence-corrected chi connectivity index (χ2v) is 5.40. The Morgan fingerprint density at radius 2 is 1.95 bits per heavy atom. The van der Waals surface area contributed by atoms with Gasteiger partial charge in [0.1, 0.15) is 18.0 Å². The van der Waals surface area contributed by atoms with Crippen LogP contribution < -0.4 is 10.1 Å². The molecule has 0 saturated heterocycles. The number of anilines is 1. The van der Waals surface area contributed by atoms with Crippen LogP contribution in [0.3, 0.4) is 0 Å². The van der Waals surface area contributed by atoms with Crippen molar-refractivity contribution in [1.29, 1.82) is 0 Å². The van der Waals surface area contributed by atoms with E-state index in [4.69, 9.17) is 27.9 Å². The van der Waals surface area contributed by atoms with Crippen LogP contribution in [0.15, 0.2) is 36.4 Å². The highest BCUT2D eigenvalue weighted by Gasteiger charge is 2.26. The average Bonchev–Trinajstić information content (AvgIpc) is 2.86. The van der Waals surface area contributed by atoms with E-state index in [9.17, 15) is 10.1 Å². The van der Waals surface area contributed by atoms with Crippen molar-refractivity contribution in [2.75, 3.05) is 11.9 Å². The molecule has 0 saturated carbocycles. The quantitative estimate of drug-likeness (QED) is 0.669. The Labute approximate surface area is 130 Å². The molecule has 1 atom stereocenters. The molecule has 0 fully saturated rings. The summed E-state index contributed by atoms with van der Waals surface area (Å²) in [5.74, 6) is 0.776. The second kappa shape index (κ2) is 5.42. The van der Waals surface area contributed by atoms with Crippen LogP contribution in [0.5, 0.6) is 5.75 Å². The highest BCUT2D eigenvalue weighted by atomic mass is 35.5. The Morgan fingerprint density at radius 1 is 1.24 bits per heavy atom. The van der Waals surface area contributed by atoms with Gasteiger partial charge in [-0.3, -0.25) is 10.1 Å². The first-order valence-corrected chi connectivity index (χ1v) is 6.93. The van der Waals surface area contributed by atoms with E-state index in [1.807, 2.05) is 24.3 Å². The SMILES string of the molecule is O=[N+]([O-])c1cc(Cl)c(Cl)cc1NC1COc2ccccc21. The molecule has 1 aliphatic heterocycles. The zero-order valence-corrected chi connectivity index (χ0v) is 12.2. The summed E-state index contributed by atoms with van der Waals surface area (Å²) in [7, 11) is 0. The molecule has 0 amide bonds. The maximum atomic E-state index is 11.1. The fourth-order valence-corrected chi connectivity index (χ4v) is 2.59. The lowest BCUT2D eigenvalue weighted by molar-refractivity contribution is -0.384. The number of nitro benzene ring substituents is 1. The number of nitrogens with one attached hydrogen (secondary N) is 1. The lowest BCUT2D eigenvalue weighted by Crippen LogP contribution is -2.13. The van der Waals surface area contributed by atoms with Gasteiger partial charge < -0.3 is 10.1 Å². The van der Waals surface area contributed by atoms with Crippen LogP contribution in [0.2, 0.25) is 10.0 Å². The summed E-state index contributed by atoms with van der Waals surface area (Å²) in [5.41, 5.74) is 1.16. The van der Waals surface area contributed by atoms with Crippen molar-refractivity contribution in [2.24, 2.45) is 0 Å². The van der Waals surface area contributed by atoms with Gasteiger partial charge in [-0.05, 0) is 12.1 Å². The van der Waals surface area contributed by atoms with E-state index in [1.54, 1.807) is 0 Å². The van der Waals surface area contributed by atoms with Crippen molar-refractivity contribution in [2.45, 2.75) is 6.04 Å². The van der Waals surface area contributed by atoms with Crippen LogP contribution >= 0.6 is 23.2 Å². The van der Waals surface area contributed by atoms with Crippen LogP contribution in [-0.2, 0) is 0 Å². The van der Waals surface area contributed by atoms with Crippen molar-refractivity contribution in [1.82, 2.24) is 0 Å². The summed E-state index contributed by atoms with van der Waals surface area (Å²) in [4.78, 5) is 10.6. The molecule has 1 aliphatic rings. The van der Waals surface area contributed by atoms with Crippen molar-refractivity contribution < 1.29 is 9.66 Å². The number of fused-ring (bicyclic) bond motifs is 1. The van der Waals surface area contributed by atoms with Gasteiger partial charge in [-0.15, -0.1) is 0 Å². The average molecular weight is 325 g/mol. The van der Waals surface area contributed by atoms with Crippen LogP contribution in [-0.4, -0.2) is 11.5 Å². The Hall–Kier alpha value is -1.98. The first kappa shape index (κ1) is 14.0. The van der Waals surface area contributed by atoms with E-state index in [-0.39, 0.29) is 21.8 Å². The van der Waals surface area contributed by atoms with Gasteiger partial charge >= 0.3 is 0 Å². The number of rotatable bonds is 3. The van der Waals surface area contributed by atoms with Crippen LogP contribution in [0, 0.1) is 10.1 Å². The Balaban J connectivity index is 1.96. The predicted molar refractivity (Wildman–Crippen MR) is 81.4 cm³/mol. The number of nitro groups is 1. The molecule has 7 heteroatoms. The maximum absolute atomic E-state index is 11.1. The number of benzene rings is 2. The van der Waals surface area contributed by atoms with Crippen molar-refractivity contribution >= 4 is 34.6 Å². The van der Waals surface area contributed by atoms with Gasteiger partial charge in [0.2, 0.25) is 0 Å². The van der Waals surface area contributed by atoms with Crippen molar-refractivity contribution in [3.8, 4) is 5.75 Å². The van der Waals surface area contributed by atoms with Gasteiger partial charge in [-0.1, -0.05) is 41.4 Å². The number of nitrogens with zero attached hydrogens (tertiary/aromatic N) is 1. The van der Waals surface area contributed by atoms with Crippen LogP contribution in [0.4, 0.5) is 11.4 Å². The Bertz CT molecular complexity index is 721. The third-order valence-electron chi connectivity index (χ3n) is 3.26. The zero-order chi connectivity index (χ0) is 15.0. The summed E-state index contributed by atoms with van der Waals surface area (Å²) in [6.07, 6.45) is 0. The first-order valence-electron chi connectivity index (χ1n) is 6.18. The van der Waals surface area contributed by atoms with Gasteiger partial charge in [0.15, 0.2) is 0 Å². The molecule has 1 unspecified atom stereocenters. The molecular weight excluding hydrogens is 315 g/mol. The number of ether oxygens (including phenoxy) is 1. The highest BCUT2D eigenvalue weighted by Crippen LogP contribution is 2.39. The molecule has 0 radical (unpaired) electrons. The first-order chi connectivity index (χ1) is 10.1. The summed E-state index contributed by atoms with van der Waals surface area (Å²) in [5, 5.41) is 14.7. The molecule has 0 aromatic heterocycles. The van der Waals surface area contributed by atoms with E-state index in [1.165, 1.54) is 12.1 Å². The monoisotopic (exact) mass is 324 g/mol. The smallest absolute Gasteiger partial charge is 0.293 e. The molecule has 0 bridgehead atoms. The number of para-hydroxylation sites is 1. The Morgan fingerprint density at radius 3 is 2.71 bits per heavy atom. The maximum Gasteiger partial charge on any atom is 0.293 e. The van der Waals surface area contributed by atoms with E-state index in [2.05, 4.69) is 5.32 Å².